The number of carbonyl (C=O) groups is 2. The number of piperidine rings is 1. The molecule has 164 valence electrons. The van der Waals surface area contributed by atoms with Gasteiger partial charge in [0, 0.05) is 31.1 Å². The molecular weight excluding hydrogens is 388 g/mol. The summed E-state index contributed by atoms with van der Waals surface area (Å²) in [4.78, 5) is 26.7. The van der Waals surface area contributed by atoms with Crippen LogP contribution in [0.3, 0.4) is 0 Å². The Bertz CT molecular complexity index is 880. The van der Waals surface area contributed by atoms with E-state index in [4.69, 9.17) is 4.74 Å². The lowest BCUT2D eigenvalue weighted by Crippen LogP contribution is -2.39. The number of methoxy groups -OCH3 is 1. The van der Waals surface area contributed by atoms with Gasteiger partial charge in [-0.05, 0) is 79.8 Å². The van der Waals surface area contributed by atoms with Gasteiger partial charge in [-0.25, -0.2) is 0 Å². The molecule has 5 heteroatoms. The fourth-order valence-electron chi connectivity index (χ4n) is 4.21. The van der Waals surface area contributed by atoms with Gasteiger partial charge in [0.05, 0.1) is 7.11 Å². The molecule has 2 aliphatic rings. The molecule has 5 nitrogen and oxygen atoms in total. The maximum absolute atomic E-state index is 12.6. The van der Waals surface area contributed by atoms with E-state index in [-0.39, 0.29) is 11.8 Å². The van der Waals surface area contributed by atoms with Crippen molar-refractivity contribution in [2.45, 2.75) is 51.0 Å². The first-order chi connectivity index (χ1) is 15.1. The second-order valence-electron chi connectivity index (χ2n) is 8.82. The SMILES string of the molecule is COc1ccc(CCC(=O)N2CCC(Cc3ccc(C(=O)NC4CC4)cc3)CC2)cc1. The van der Waals surface area contributed by atoms with Crippen molar-refractivity contribution in [3.63, 3.8) is 0 Å². The average Bonchev–Trinajstić information content (AvgIpc) is 3.63. The van der Waals surface area contributed by atoms with Crippen molar-refractivity contribution in [2.24, 2.45) is 5.92 Å². The fourth-order valence-corrected chi connectivity index (χ4v) is 4.21. The van der Waals surface area contributed by atoms with Crippen molar-refractivity contribution in [3.8, 4) is 5.75 Å². The molecule has 0 bridgehead atoms. The highest BCUT2D eigenvalue weighted by Crippen LogP contribution is 2.23. The maximum Gasteiger partial charge on any atom is 0.251 e. The third-order valence-corrected chi connectivity index (χ3v) is 6.41. The summed E-state index contributed by atoms with van der Waals surface area (Å²) in [6, 6.07) is 16.3. The lowest BCUT2D eigenvalue weighted by Gasteiger charge is -2.32. The molecule has 4 rings (SSSR count). The summed E-state index contributed by atoms with van der Waals surface area (Å²) in [5.41, 5.74) is 3.18. The van der Waals surface area contributed by atoms with Crippen LogP contribution < -0.4 is 10.1 Å². The third-order valence-electron chi connectivity index (χ3n) is 6.41. The Morgan fingerprint density at radius 1 is 0.935 bits per heavy atom. The first kappa shape index (κ1) is 21.4. The molecule has 2 amide bonds. The normalized spacial score (nSPS) is 16.7. The zero-order valence-corrected chi connectivity index (χ0v) is 18.3. The maximum atomic E-state index is 12.6. The zero-order chi connectivity index (χ0) is 21.6. The molecule has 1 aliphatic carbocycles. The predicted molar refractivity (Wildman–Crippen MR) is 121 cm³/mol. The number of hydrogen-bond donors (Lipinski definition) is 1. The third kappa shape index (κ3) is 6.09. The topological polar surface area (TPSA) is 58.6 Å². The van der Waals surface area contributed by atoms with Crippen LogP contribution in [0.15, 0.2) is 48.5 Å². The summed E-state index contributed by atoms with van der Waals surface area (Å²) >= 11 is 0. The van der Waals surface area contributed by atoms with E-state index in [1.807, 2.05) is 41.3 Å². The van der Waals surface area contributed by atoms with Crippen LogP contribution in [0.5, 0.6) is 5.75 Å². The van der Waals surface area contributed by atoms with E-state index in [9.17, 15) is 9.59 Å². The fraction of sp³-hybridized carbons (Fsp3) is 0.462. The number of rotatable bonds is 8. The van der Waals surface area contributed by atoms with Gasteiger partial charge < -0.3 is 15.0 Å². The van der Waals surface area contributed by atoms with Gasteiger partial charge in [0.1, 0.15) is 5.75 Å². The van der Waals surface area contributed by atoms with E-state index < -0.39 is 0 Å². The Labute approximate surface area is 184 Å². The molecule has 0 unspecified atom stereocenters. The van der Waals surface area contributed by atoms with Crippen LogP contribution in [-0.2, 0) is 17.6 Å². The minimum atomic E-state index is 0.0375. The highest BCUT2D eigenvalue weighted by atomic mass is 16.5. The van der Waals surface area contributed by atoms with Crippen molar-refractivity contribution in [1.82, 2.24) is 10.2 Å². The van der Waals surface area contributed by atoms with Crippen molar-refractivity contribution in [3.05, 3.63) is 65.2 Å². The molecule has 2 aromatic carbocycles. The number of nitrogens with zero attached hydrogens (tertiary/aromatic N) is 1. The van der Waals surface area contributed by atoms with Gasteiger partial charge in [0.25, 0.3) is 5.91 Å². The highest BCUT2D eigenvalue weighted by molar-refractivity contribution is 5.94. The van der Waals surface area contributed by atoms with Crippen molar-refractivity contribution >= 4 is 11.8 Å². The smallest absolute Gasteiger partial charge is 0.251 e. The van der Waals surface area contributed by atoms with E-state index >= 15 is 0 Å². The summed E-state index contributed by atoms with van der Waals surface area (Å²) in [5.74, 6) is 1.72. The molecule has 1 heterocycles. The first-order valence-corrected chi connectivity index (χ1v) is 11.4. The van der Waals surface area contributed by atoms with E-state index in [1.165, 1.54) is 11.1 Å². The molecular formula is C26H32N2O3. The van der Waals surface area contributed by atoms with Crippen LogP contribution in [0, 0.1) is 5.92 Å². The molecule has 1 N–H and O–H groups in total. The predicted octanol–water partition coefficient (Wildman–Crippen LogP) is 4.00. The van der Waals surface area contributed by atoms with Crippen LogP contribution >= 0.6 is 0 Å². The van der Waals surface area contributed by atoms with E-state index in [1.54, 1.807) is 7.11 Å². The van der Waals surface area contributed by atoms with E-state index in [0.29, 0.717) is 18.4 Å². The standard InChI is InChI=1S/C26H32N2O3/c1-31-24-11-4-19(5-12-24)6-13-25(29)28-16-14-21(15-17-28)18-20-2-7-22(8-3-20)26(30)27-23-9-10-23/h2-5,7-8,11-12,21,23H,6,9-10,13-18H2,1H3,(H,27,30). The van der Waals surface area contributed by atoms with Gasteiger partial charge in [-0.2, -0.15) is 0 Å². The Morgan fingerprint density at radius 2 is 1.58 bits per heavy atom. The summed E-state index contributed by atoms with van der Waals surface area (Å²) in [6.45, 7) is 1.68. The second-order valence-corrected chi connectivity index (χ2v) is 8.82. The molecule has 0 radical (unpaired) electrons. The number of nitrogens with one attached hydrogen (secondary N) is 1. The van der Waals surface area contributed by atoms with Gasteiger partial charge in [-0.3, -0.25) is 9.59 Å². The molecule has 0 aromatic heterocycles. The lowest BCUT2D eigenvalue weighted by molar-refractivity contribution is -0.132. The molecule has 0 spiro atoms. The number of ether oxygens (including phenoxy) is 1. The Kier molecular flexibility index (Phi) is 6.90. The summed E-state index contributed by atoms with van der Waals surface area (Å²) in [6.07, 6.45) is 6.62. The molecule has 1 aliphatic heterocycles. The van der Waals surface area contributed by atoms with Gasteiger partial charge in [-0.15, -0.1) is 0 Å². The zero-order valence-electron chi connectivity index (χ0n) is 18.3. The molecule has 2 aromatic rings. The van der Waals surface area contributed by atoms with Gasteiger partial charge in [0.15, 0.2) is 0 Å². The van der Waals surface area contributed by atoms with Crippen LogP contribution in [0.2, 0.25) is 0 Å². The van der Waals surface area contributed by atoms with E-state index in [0.717, 1.165) is 62.9 Å². The number of carbonyl (C=O) groups excluding carboxylic acids is 2. The number of likely N-dealkylation sites (tertiary alicyclic amines) is 1. The molecule has 2 fully saturated rings. The number of aryl methyl sites for hydroxylation is 1. The number of amides is 2. The Balaban J connectivity index is 1.19. The van der Waals surface area contributed by atoms with Crippen molar-refractivity contribution in [1.29, 1.82) is 0 Å². The number of hydrogen-bond acceptors (Lipinski definition) is 3. The Hall–Kier alpha value is -2.82. The van der Waals surface area contributed by atoms with E-state index in [2.05, 4.69) is 17.4 Å². The quantitative estimate of drug-likeness (QED) is 0.702. The molecule has 0 atom stereocenters. The lowest BCUT2D eigenvalue weighted by atomic mass is 9.89. The van der Waals surface area contributed by atoms with Crippen LogP contribution in [0.4, 0.5) is 0 Å². The minimum Gasteiger partial charge on any atom is -0.497 e. The largest absolute Gasteiger partial charge is 0.497 e. The highest BCUT2D eigenvalue weighted by Gasteiger charge is 2.24. The van der Waals surface area contributed by atoms with Crippen LogP contribution in [0.1, 0.15) is 53.6 Å². The summed E-state index contributed by atoms with van der Waals surface area (Å²) < 4.78 is 5.18. The number of benzene rings is 2. The summed E-state index contributed by atoms with van der Waals surface area (Å²) in [7, 11) is 1.66. The first-order valence-electron chi connectivity index (χ1n) is 11.4. The molecule has 1 saturated carbocycles. The van der Waals surface area contributed by atoms with Gasteiger partial charge >= 0.3 is 0 Å². The van der Waals surface area contributed by atoms with Crippen molar-refractivity contribution < 1.29 is 14.3 Å². The Morgan fingerprint density at radius 3 is 2.19 bits per heavy atom. The van der Waals surface area contributed by atoms with Crippen LogP contribution in [-0.4, -0.2) is 43.0 Å². The second kappa shape index (κ2) is 9.99. The molecule has 1 saturated heterocycles. The summed E-state index contributed by atoms with van der Waals surface area (Å²) in [5, 5.41) is 3.03. The van der Waals surface area contributed by atoms with Crippen LogP contribution in [0.25, 0.3) is 0 Å². The average molecular weight is 421 g/mol. The monoisotopic (exact) mass is 420 g/mol. The van der Waals surface area contributed by atoms with Gasteiger partial charge in [0.2, 0.25) is 5.91 Å². The minimum absolute atomic E-state index is 0.0375. The molecule has 31 heavy (non-hydrogen) atoms. The van der Waals surface area contributed by atoms with Crippen molar-refractivity contribution in [2.75, 3.05) is 20.2 Å². The van der Waals surface area contributed by atoms with Gasteiger partial charge in [-0.1, -0.05) is 24.3 Å².